The average Bonchev–Trinajstić information content (AvgIpc) is 2.77. The molecule has 0 bridgehead atoms. The summed E-state index contributed by atoms with van der Waals surface area (Å²) in [4.78, 5) is 0. The molecule has 1 N–H and O–H groups in total. The first-order chi connectivity index (χ1) is 14.6. The van der Waals surface area contributed by atoms with Crippen LogP contribution >= 0.6 is 0 Å². The first-order valence-electron chi connectivity index (χ1n) is 10.5. The van der Waals surface area contributed by atoms with Gasteiger partial charge >= 0.3 is 0 Å². The van der Waals surface area contributed by atoms with E-state index in [1.165, 1.54) is 27.8 Å². The van der Waals surface area contributed by atoms with Gasteiger partial charge in [-0.1, -0.05) is 111 Å². The predicted octanol–water partition coefficient (Wildman–Crippen LogP) is 6.90. The fourth-order valence-corrected chi connectivity index (χ4v) is 4.36. The van der Waals surface area contributed by atoms with E-state index in [-0.39, 0.29) is 5.41 Å². The van der Waals surface area contributed by atoms with Crippen molar-refractivity contribution in [3.05, 3.63) is 137 Å². The SMILES string of the molecule is CC(C)(c1ccccc1)c1c(O)ccc(Cc2ccccc2)c1Cc1ccccc1. The van der Waals surface area contributed by atoms with Gasteiger partial charge in [0, 0.05) is 11.0 Å². The molecule has 0 spiro atoms. The molecular weight excluding hydrogens is 364 g/mol. The van der Waals surface area contributed by atoms with Gasteiger partial charge in [0.1, 0.15) is 5.75 Å². The molecule has 0 unspecified atom stereocenters. The molecule has 0 heterocycles. The van der Waals surface area contributed by atoms with Crippen LogP contribution < -0.4 is 0 Å². The molecular formula is C29H28O. The van der Waals surface area contributed by atoms with Gasteiger partial charge in [0.25, 0.3) is 0 Å². The Bertz CT molecular complexity index is 1100. The van der Waals surface area contributed by atoms with Crippen LogP contribution in [0.25, 0.3) is 0 Å². The summed E-state index contributed by atoms with van der Waals surface area (Å²) in [7, 11) is 0. The van der Waals surface area contributed by atoms with Crippen LogP contribution in [0.15, 0.2) is 103 Å². The largest absolute Gasteiger partial charge is 0.508 e. The Hall–Kier alpha value is -3.32. The first-order valence-corrected chi connectivity index (χ1v) is 10.5. The number of aromatic hydroxyl groups is 1. The number of hydrogen-bond acceptors (Lipinski definition) is 1. The van der Waals surface area contributed by atoms with E-state index in [1.54, 1.807) is 0 Å². The van der Waals surface area contributed by atoms with Crippen LogP contribution in [0.1, 0.15) is 47.2 Å². The van der Waals surface area contributed by atoms with E-state index in [1.807, 2.05) is 18.2 Å². The standard InChI is InChI=1S/C29H28O/c1-29(2,25-16-10-5-11-17-25)28-26(21-23-14-8-4-9-15-23)24(18-19-27(28)30)20-22-12-6-3-7-13-22/h3-19,30H,20-21H2,1-2H3. The molecule has 0 aliphatic carbocycles. The minimum atomic E-state index is -0.317. The van der Waals surface area contributed by atoms with Crippen molar-refractivity contribution in [3.63, 3.8) is 0 Å². The van der Waals surface area contributed by atoms with Crippen molar-refractivity contribution in [1.29, 1.82) is 0 Å². The summed E-state index contributed by atoms with van der Waals surface area (Å²) in [6.07, 6.45) is 1.64. The molecule has 150 valence electrons. The Kier molecular flexibility index (Phi) is 5.72. The zero-order chi connectivity index (χ0) is 21.0. The van der Waals surface area contributed by atoms with E-state index in [4.69, 9.17) is 0 Å². The Balaban J connectivity index is 1.88. The van der Waals surface area contributed by atoms with Crippen molar-refractivity contribution < 1.29 is 5.11 Å². The van der Waals surface area contributed by atoms with Crippen molar-refractivity contribution in [2.24, 2.45) is 0 Å². The second kappa shape index (κ2) is 8.59. The van der Waals surface area contributed by atoms with Gasteiger partial charge in [0.15, 0.2) is 0 Å². The lowest BCUT2D eigenvalue weighted by Crippen LogP contribution is -2.22. The molecule has 0 amide bonds. The maximum atomic E-state index is 11.1. The molecule has 0 fully saturated rings. The molecule has 0 aromatic heterocycles. The monoisotopic (exact) mass is 392 g/mol. The summed E-state index contributed by atoms with van der Waals surface area (Å²) < 4.78 is 0. The summed E-state index contributed by atoms with van der Waals surface area (Å²) in [5, 5.41) is 11.1. The van der Waals surface area contributed by atoms with Crippen molar-refractivity contribution >= 4 is 0 Å². The average molecular weight is 393 g/mol. The summed E-state index contributed by atoms with van der Waals surface area (Å²) in [6, 6.07) is 35.5. The van der Waals surface area contributed by atoms with Crippen molar-refractivity contribution in [2.75, 3.05) is 0 Å². The van der Waals surface area contributed by atoms with E-state index in [0.717, 1.165) is 18.4 Å². The van der Waals surface area contributed by atoms with E-state index >= 15 is 0 Å². The minimum Gasteiger partial charge on any atom is -0.508 e. The molecule has 4 aromatic carbocycles. The van der Waals surface area contributed by atoms with E-state index in [2.05, 4.69) is 98.8 Å². The molecule has 4 rings (SSSR count). The van der Waals surface area contributed by atoms with Gasteiger partial charge in [0.05, 0.1) is 0 Å². The third-order valence-corrected chi connectivity index (χ3v) is 5.97. The Morgan fingerprint density at radius 1 is 0.600 bits per heavy atom. The van der Waals surface area contributed by atoms with E-state index in [0.29, 0.717) is 5.75 Å². The molecule has 30 heavy (non-hydrogen) atoms. The highest BCUT2D eigenvalue weighted by molar-refractivity contribution is 5.55. The molecule has 1 heteroatoms. The van der Waals surface area contributed by atoms with Crippen molar-refractivity contribution in [1.82, 2.24) is 0 Å². The van der Waals surface area contributed by atoms with Crippen LogP contribution in [0.5, 0.6) is 5.75 Å². The zero-order valence-electron chi connectivity index (χ0n) is 17.7. The quantitative estimate of drug-likeness (QED) is 0.378. The number of rotatable bonds is 6. The van der Waals surface area contributed by atoms with Crippen molar-refractivity contribution in [3.8, 4) is 5.75 Å². The second-order valence-electron chi connectivity index (χ2n) is 8.41. The highest BCUT2D eigenvalue weighted by Gasteiger charge is 2.30. The fraction of sp³-hybridized carbons (Fsp3) is 0.172. The highest BCUT2D eigenvalue weighted by Crippen LogP contribution is 2.41. The van der Waals surface area contributed by atoms with Crippen LogP contribution in [0, 0.1) is 0 Å². The van der Waals surface area contributed by atoms with Crippen LogP contribution in [-0.4, -0.2) is 5.11 Å². The Labute approximate surface area is 179 Å². The smallest absolute Gasteiger partial charge is 0.119 e. The van der Waals surface area contributed by atoms with Crippen LogP contribution in [0.3, 0.4) is 0 Å². The third kappa shape index (κ3) is 4.16. The molecule has 0 atom stereocenters. The summed E-state index contributed by atoms with van der Waals surface area (Å²) in [5.41, 5.74) is 6.92. The molecule has 0 radical (unpaired) electrons. The van der Waals surface area contributed by atoms with Crippen molar-refractivity contribution in [2.45, 2.75) is 32.1 Å². The topological polar surface area (TPSA) is 20.2 Å². The van der Waals surface area contributed by atoms with Crippen LogP contribution in [0.4, 0.5) is 0 Å². The number of phenolic OH excluding ortho intramolecular Hbond substituents is 1. The number of benzene rings is 4. The molecule has 0 aliphatic rings. The van der Waals surface area contributed by atoms with Gasteiger partial charge in [-0.05, 0) is 46.7 Å². The Morgan fingerprint density at radius 2 is 1.10 bits per heavy atom. The zero-order valence-corrected chi connectivity index (χ0v) is 17.7. The van der Waals surface area contributed by atoms with Crippen LogP contribution in [-0.2, 0) is 18.3 Å². The lowest BCUT2D eigenvalue weighted by Gasteiger charge is -2.31. The summed E-state index contributed by atoms with van der Waals surface area (Å²) in [5.74, 6) is 0.367. The molecule has 4 aromatic rings. The lowest BCUT2D eigenvalue weighted by molar-refractivity contribution is 0.451. The van der Waals surface area contributed by atoms with Gasteiger partial charge in [0.2, 0.25) is 0 Å². The van der Waals surface area contributed by atoms with Gasteiger partial charge in [-0.3, -0.25) is 0 Å². The predicted molar refractivity (Wildman–Crippen MR) is 125 cm³/mol. The van der Waals surface area contributed by atoms with Gasteiger partial charge in [-0.25, -0.2) is 0 Å². The fourth-order valence-electron chi connectivity index (χ4n) is 4.36. The normalized spacial score (nSPS) is 11.4. The van der Waals surface area contributed by atoms with Gasteiger partial charge < -0.3 is 5.11 Å². The van der Waals surface area contributed by atoms with Gasteiger partial charge in [-0.15, -0.1) is 0 Å². The van der Waals surface area contributed by atoms with Gasteiger partial charge in [-0.2, -0.15) is 0 Å². The van der Waals surface area contributed by atoms with E-state index < -0.39 is 0 Å². The molecule has 0 aliphatic heterocycles. The molecule has 0 saturated carbocycles. The lowest BCUT2D eigenvalue weighted by atomic mass is 9.73. The maximum absolute atomic E-state index is 11.1. The first kappa shape index (κ1) is 20.0. The summed E-state index contributed by atoms with van der Waals surface area (Å²) in [6.45, 7) is 4.41. The van der Waals surface area contributed by atoms with E-state index in [9.17, 15) is 5.11 Å². The third-order valence-electron chi connectivity index (χ3n) is 5.97. The van der Waals surface area contributed by atoms with Crippen LogP contribution in [0.2, 0.25) is 0 Å². The molecule has 0 saturated heterocycles. The Morgan fingerprint density at radius 3 is 1.67 bits per heavy atom. The number of hydrogen-bond donors (Lipinski definition) is 1. The maximum Gasteiger partial charge on any atom is 0.119 e. The minimum absolute atomic E-state index is 0.317. The number of phenols is 1. The summed E-state index contributed by atoms with van der Waals surface area (Å²) >= 11 is 0. The second-order valence-corrected chi connectivity index (χ2v) is 8.41. The highest BCUT2D eigenvalue weighted by atomic mass is 16.3. The molecule has 1 nitrogen and oxygen atoms in total.